The van der Waals surface area contributed by atoms with Crippen LogP contribution in [0.2, 0.25) is 0 Å². The highest BCUT2D eigenvalue weighted by Crippen LogP contribution is 2.35. The molecule has 0 spiro atoms. The average molecular weight is 523 g/mol. The molecule has 7 nitrogen and oxygen atoms in total. The highest BCUT2D eigenvalue weighted by atomic mass is 19.4. The molecule has 0 aromatic rings. The smallest absolute Gasteiger partial charge is 0.410 e. The molecular formula is C26H45F3N2O5. The first-order valence-electron chi connectivity index (χ1n) is 12.7. The Morgan fingerprint density at radius 1 is 1.06 bits per heavy atom. The second-order valence-corrected chi connectivity index (χ2v) is 12.1. The maximum atomic E-state index is 13.1. The van der Waals surface area contributed by atoms with Crippen molar-refractivity contribution in [1.82, 2.24) is 9.80 Å². The quantitative estimate of drug-likeness (QED) is 0.395. The number of piperidine rings is 1. The summed E-state index contributed by atoms with van der Waals surface area (Å²) in [4.78, 5) is 40.8. The minimum absolute atomic E-state index is 0.0948. The molecule has 1 aliphatic rings. The SMILES string of the molecule is CCN(C(=O)OC(C)(C)C)[C@H](C)CC1C[C@@H](C)C([C@H](C)OC(=O)C(C)(C)C)N(C(=O)CC(F)(F)F)C1. The highest BCUT2D eigenvalue weighted by molar-refractivity contribution is 5.78. The Kier molecular flexibility index (Phi) is 10.7. The highest BCUT2D eigenvalue weighted by Gasteiger charge is 2.45. The van der Waals surface area contributed by atoms with E-state index in [2.05, 4.69) is 0 Å². The fourth-order valence-electron chi connectivity index (χ4n) is 4.84. The molecule has 0 saturated carbocycles. The third-order valence-corrected chi connectivity index (χ3v) is 6.34. The molecule has 0 aliphatic carbocycles. The fourth-order valence-corrected chi connectivity index (χ4v) is 4.84. The minimum Gasteiger partial charge on any atom is -0.460 e. The summed E-state index contributed by atoms with van der Waals surface area (Å²) < 4.78 is 50.5. The molecule has 0 N–H and O–H groups in total. The van der Waals surface area contributed by atoms with Gasteiger partial charge in [0, 0.05) is 19.1 Å². The number of carbonyl (C=O) groups excluding carboxylic acids is 3. The Hall–Kier alpha value is -2.00. The van der Waals surface area contributed by atoms with Crippen LogP contribution < -0.4 is 0 Å². The summed E-state index contributed by atoms with van der Waals surface area (Å²) in [5, 5.41) is 0. The van der Waals surface area contributed by atoms with E-state index in [-0.39, 0.29) is 24.4 Å². The zero-order chi connectivity index (χ0) is 28.2. The predicted molar refractivity (Wildman–Crippen MR) is 131 cm³/mol. The van der Waals surface area contributed by atoms with Gasteiger partial charge in [0.1, 0.15) is 18.1 Å². The van der Waals surface area contributed by atoms with E-state index in [1.54, 1.807) is 53.4 Å². The van der Waals surface area contributed by atoms with E-state index in [1.165, 1.54) is 4.90 Å². The van der Waals surface area contributed by atoms with E-state index in [9.17, 15) is 27.6 Å². The van der Waals surface area contributed by atoms with Gasteiger partial charge in [-0.15, -0.1) is 0 Å². The Morgan fingerprint density at radius 3 is 2.06 bits per heavy atom. The molecule has 0 radical (unpaired) electrons. The molecule has 36 heavy (non-hydrogen) atoms. The van der Waals surface area contributed by atoms with Gasteiger partial charge in [0.05, 0.1) is 11.5 Å². The molecule has 1 fully saturated rings. The second-order valence-electron chi connectivity index (χ2n) is 12.1. The van der Waals surface area contributed by atoms with Crippen LogP contribution in [0.4, 0.5) is 18.0 Å². The molecule has 1 heterocycles. The van der Waals surface area contributed by atoms with Gasteiger partial charge in [0.25, 0.3) is 0 Å². The summed E-state index contributed by atoms with van der Waals surface area (Å²) in [6, 6.07) is -0.917. The normalized spacial score (nSPS) is 23.0. The van der Waals surface area contributed by atoms with Crippen LogP contribution in [-0.4, -0.2) is 70.8 Å². The van der Waals surface area contributed by atoms with Crippen LogP contribution in [0.3, 0.4) is 0 Å². The largest absolute Gasteiger partial charge is 0.460 e. The molecule has 10 heteroatoms. The van der Waals surface area contributed by atoms with Crippen molar-refractivity contribution in [2.24, 2.45) is 17.3 Å². The molecule has 1 rings (SSSR count). The lowest BCUT2D eigenvalue weighted by atomic mass is 9.79. The van der Waals surface area contributed by atoms with E-state index < -0.39 is 53.7 Å². The molecule has 1 saturated heterocycles. The third-order valence-electron chi connectivity index (χ3n) is 6.34. The van der Waals surface area contributed by atoms with E-state index in [1.807, 2.05) is 20.8 Å². The lowest BCUT2D eigenvalue weighted by Crippen LogP contribution is -2.57. The minimum atomic E-state index is -4.65. The van der Waals surface area contributed by atoms with Crippen LogP contribution in [0.1, 0.15) is 88.5 Å². The van der Waals surface area contributed by atoms with E-state index in [0.29, 0.717) is 19.4 Å². The molecule has 210 valence electrons. The topological polar surface area (TPSA) is 76.2 Å². The zero-order valence-electron chi connectivity index (χ0n) is 23.5. The lowest BCUT2D eigenvalue weighted by Gasteiger charge is -2.47. The molecular weight excluding hydrogens is 477 g/mol. The van der Waals surface area contributed by atoms with Gasteiger partial charge in [0.2, 0.25) is 5.91 Å². The van der Waals surface area contributed by atoms with Gasteiger partial charge in [-0.25, -0.2) is 4.79 Å². The Morgan fingerprint density at radius 2 is 1.61 bits per heavy atom. The monoisotopic (exact) mass is 522 g/mol. The van der Waals surface area contributed by atoms with Crippen molar-refractivity contribution in [3.8, 4) is 0 Å². The average Bonchev–Trinajstić information content (AvgIpc) is 2.64. The zero-order valence-corrected chi connectivity index (χ0v) is 23.5. The summed E-state index contributed by atoms with van der Waals surface area (Å²) in [5.41, 5.74) is -1.44. The van der Waals surface area contributed by atoms with Crippen molar-refractivity contribution in [3.63, 3.8) is 0 Å². The van der Waals surface area contributed by atoms with Gasteiger partial charge in [-0.05, 0) is 87.0 Å². The summed E-state index contributed by atoms with van der Waals surface area (Å²) in [6.45, 7) is 18.1. The molecule has 2 amide bonds. The van der Waals surface area contributed by atoms with Gasteiger partial charge < -0.3 is 19.3 Å². The second kappa shape index (κ2) is 12.0. The number of amides is 2. The first kappa shape index (κ1) is 32.0. The first-order chi connectivity index (χ1) is 16.2. The molecule has 5 atom stereocenters. The number of alkyl halides is 3. The van der Waals surface area contributed by atoms with Gasteiger partial charge in [0.15, 0.2) is 0 Å². The number of carbonyl (C=O) groups is 3. The van der Waals surface area contributed by atoms with Gasteiger partial charge in [-0.1, -0.05) is 6.92 Å². The molecule has 1 aliphatic heterocycles. The fraction of sp³-hybridized carbons (Fsp3) is 0.885. The number of nitrogens with zero attached hydrogens (tertiary/aromatic N) is 2. The molecule has 0 aromatic heterocycles. The standard InChI is InChI=1S/C26H45F3N2O5/c1-11-30(23(34)36-25(8,9)10)17(3)13-19-12-16(2)21(18(4)35-22(33)24(5,6)7)31(15-19)20(32)14-26(27,28)29/h16-19,21H,11-15H2,1-10H3/t16-,17-,18+,19?,21?/m1/s1. The maximum absolute atomic E-state index is 13.1. The van der Waals surface area contributed by atoms with Gasteiger partial charge in [-0.3, -0.25) is 9.59 Å². The van der Waals surface area contributed by atoms with Crippen molar-refractivity contribution in [2.45, 2.75) is 118 Å². The maximum Gasteiger partial charge on any atom is 0.410 e. The van der Waals surface area contributed by atoms with Crippen LogP contribution in [0, 0.1) is 17.3 Å². The van der Waals surface area contributed by atoms with Crippen LogP contribution in [0.25, 0.3) is 0 Å². The van der Waals surface area contributed by atoms with Crippen molar-refractivity contribution in [3.05, 3.63) is 0 Å². The summed E-state index contributed by atoms with van der Waals surface area (Å²) in [7, 11) is 0. The van der Waals surface area contributed by atoms with Crippen molar-refractivity contribution < 1.29 is 37.0 Å². The van der Waals surface area contributed by atoms with Crippen molar-refractivity contribution in [2.75, 3.05) is 13.1 Å². The van der Waals surface area contributed by atoms with Crippen LogP contribution in [0.15, 0.2) is 0 Å². The van der Waals surface area contributed by atoms with E-state index in [0.717, 1.165) is 0 Å². The van der Waals surface area contributed by atoms with Crippen molar-refractivity contribution in [1.29, 1.82) is 0 Å². The van der Waals surface area contributed by atoms with E-state index in [4.69, 9.17) is 9.47 Å². The lowest BCUT2D eigenvalue weighted by molar-refractivity contribution is -0.176. The number of ether oxygens (including phenoxy) is 2. The molecule has 2 unspecified atom stereocenters. The first-order valence-corrected chi connectivity index (χ1v) is 12.7. The van der Waals surface area contributed by atoms with Crippen LogP contribution in [-0.2, 0) is 19.1 Å². The van der Waals surface area contributed by atoms with E-state index >= 15 is 0 Å². The summed E-state index contributed by atoms with van der Waals surface area (Å²) >= 11 is 0. The van der Waals surface area contributed by atoms with Gasteiger partial charge in [-0.2, -0.15) is 13.2 Å². The summed E-state index contributed by atoms with van der Waals surface area (Å²) in [6.07, 6.45) is -6.32. The summed E-state index contributed by atoms with van der Waals surface area (Å²) in [5.74, 6) is -1.86. The van der Waals surface area contributed by atoms with Crippen LogP contribution in [0.5, 0.6) is 0 Å². The van der Waals surface area contributed by atoms with Crippen molar-refractivity contribution >= 4 is 18.0 Å². The number of halogens is 3. The van der Waals surface area contributed by atoms with Gasteiger partial charge >= 0.3 is 18.2 Å². The number of esters is 1. The number of likely N-dealkylation sites (tertiary alicyclic amines) is 1. The predicted octanol–water partition coefficient (Wildman–Crippen LogP) is 5.81. The third kappa shape index (κ3) is 9.81. The number of rotatable bonds is 7. The Labute approximate surface area is 214 Å². The molecule has 0 aromatic carbocycles. The Bertz CT molecular complexity index is 773. The number of hydrogen-bond acceptors (Lipinski definition) is 5. The molecule has 0 bridgehead atoms. The Balaban J connectivity index is 3.12. The number of hydrogen-bond donors (Lipinski definition) is 0. The van der Waals surface area contributed by atoms with Crippen LogP contribution >= 0.6 is 0 Å².